The van der Waals surface area contributed by atoms with Crippen LogP contribution in [-0.2, 0) is 22.5 Å². The third kappa shape index (κ3) is 5.14. The summed E-state index contributed by atoms with van der Waals surface area (Å²) in [4.78, 5) is 23.7. The molecule has 26 heavy (non-hydrogen) atoms. The molecule has 0 unspecified atom stereocenters. The third-order valence-corrected chi connectivity index (χ3v) is 5.70. The summed E-state index contributed by atoms with van der Waals surface area (Å²) in [6.45, 7) is 3.32. The first-order chi connectivity index (χ1) is 12.8. The fourth-order valence-electron chi connectivity index (χ4n) is 3.18. The van der Waals surface area contributed by atoms with Gasteiger partial charge in [0.1, 0.15) is 0 Å². The molecule has 1 aromatic heterocycles. The number of carbonyl (C=O) groups excluding carboxylic acids is 1. The standard InChI is InChI=1S/C20H25N3O2S/c1-2-21-25-14-19(24)23-12-10-17(11-13-23)20-22-18(15-26-20)9-8-16-6-4-3-5-7-16/h2-7,15,17H,8-14H2,1H3. The first-order valence-electron chi connectivity index (χ1n) is 9.12. The first kappa shape index (κ1) is 18.6. The molecule has 1 fully saturated rings. The molecule has 0 spiro atoms. The Kier molecular flexibility index (Phi) is 6.77. The van der Waals surface area contributed by atoms with Crippen molar-refractivity contribution in [3.8, 4) is 0 Å². The van der Waals surface area contributed by atoms with Crippen molar-refractivity contribution in [2.45, 2.75) is 38.5 Å². The van der Waals surface area contributed by atoms with Gasteiger partial charge < -0.3 is 9.74 Å². The zero-order valence-electron chi connectivity index (χ0n) is 15.1. The molecule has 0 N–H and O–H groups in total. The lowest BCUT2D eigenvalue weighted by Crippen LogP contribution is -2.39. The van der Waals surface area contributed by atoms with Crippen molar-refractivity contribution in [3.63, 3.8) is 0 Å². The lowest BCUT2D eigenvalue weighted by atomic mass is 9.97. The van der Waals surface area contributed by atoms with Gasteiger partial charge in [-0.25, -0.2) is 4.98 Å². The van der Waals surface area contributed by atoms with Gasteiger partial charge in [0.15, 0.2) is 6.61 Å². The van der Waals surface area contributed by atoms with Gasteiger partial charge in [-0.3, -0.25) is 4.79 Å². The van der Waals surface area contributed by atoms with E-state index in [2.05, 4.69) is 34.8 Å². The Morgan fingerprint density at radius 3 is 2.81 bits per heavy atom. The third-order valence-electron chi connectivity index (χ3n) is 4.65. The molecule has 0 radical (unpaired) electrons. The van der Waals surface area contributed by atoms with Crippen LogP contribution in [0.1, 0.15) is 41.9 Å². The molecule has 138 valence electrons. The van der Waals surface area contributed by atoms with E-state index in [9.17, 15) is 4.79 Å². The van der Waals surface area contributed by atoms with E-state index in [-0.39, 0.29) is 12.5 Å². The molecule has 3 rings (SSSR count). The summed E-state index contributed by atoms with van der Waals surface area (Å²) in [5.74, 6) is 0.473. The normalized spacial score (nSPS) is 15.5. The van der Waals surface area contributed by atoms with E-state index >= 15 is 0 Å². The molecule has 1 saturated heterocycles. The molecule has 1 aliphatic rings. The van der Waals surface area contributed by atoms with E-state index in [1.165, 1.54) is 22.5 Å². The van der Waals surface area contributed by atoms with Crippen LogP contribution in [0.2, 0.25) is 0 Å². The van der Waals surface area contributed by atoms with Crippen LogP contribution in [-0.4, -0.2) is 41.7 Å². The van der Waals surface area contributed by atoms with E-state index in [1.54, 1.807) is 18.3 Å². The maximum Gasteiger partial charge on any atom is 0.263 e. The second-order valence-electron chi connectivity index (χ2n) is 6.45. The molecule has 5 nitrogen and oxygen atoms in total. The number of carbonyl (C=O) groups is 1. The lowest BCUT2D eigenvalue weighted by molar-refractivity contribution is -0.137. The van der Waals surface area contributed by atoms with Gasteiger partial charge in [0.05, 0.1) is 10.7 Å². The Hall–Kier alpha value is -2.21. The van der Waals surface area contributed by atoms with Gasteiger partial charge in [0.2, 0.25) is 0 Å². The molecule has 2 aromatic rings. The number of amides is 1. The number of oxime groups is 1. The number of aryl methyl sites for hydroxylation is 2. The number of rotatable bonds is 7. The van der Waals surface area contributed by atoms with Crippen LogP contribution in [0.3, 0.4) is 0 Å². The van der Waals surface area contributed by atoms with Crippen LogP contribution in [0.25, 0.3) is 0 Å². The van der Waals surface area contributed by atoms with Crippen molar-refractivity contribution in [2.75, 3.05) is 19.7 Å². The average molecular weight is 372 g/mol. The van der Waals surface area contributed by atoms with Crippen LogP contribution in [0.15, 0.2) is 40.9 Å². The van der Waals surface area contributed by atoms with Crippen molar-refractivity contribution < 1.29 is 9.63 Å². The van der Waals surface area contributed by atoms with Gasteiger partial charge in [-0.15, -0.1) is 11.3 Å². The highest BCUT2D eigenvalue weighted by Gasteiger charge is 2.25. The minimum atomic E-state index is 0.0109. The first-order valence-corrected chi connectivity index (χ1v) is 10.00. The Morgan fingerprint density at radius 1 is 1.31 bits per heavy atom. The minimum absolute atomic E-state index is 0.0109. The predicted octanol–water partition coefficient (Wildman–Crippen LogP) is 3.66. The van der Waals surface area contributed by atoms with Crippen molar-refractivity contribution in [2.24, 2.45) is 5.16 Å². The fraction of sp³-hybridized carbons (Fsp3) is 0.450. The number of likely N-dealkylation sites (tertiary alicyclic amines) is 1. The molecule has 0 aliphatic carbocycles. The molecular weight excluding hydrogens is 346 g/mol. The zero-order valence-corrected chi connectivity index (χ0v) is 16.0. The Morgan fingerprint density at radius 2 is 2.08 bits per heavy atom. The highest BCUT2D eigenvalue weighted by atomic mass is 32.1. The summed E-state index contributed by atoms with van der Waals surface area (Å²) in [6.07, 6.45) is 5.48. The average Bonchev–Trinajstić information content (AvgIpc) is 3.16. The van der Waals surface area contributed by atoms with Crippen molar-refractivity contribution in [1.29, 1.82) is 0 Å². The maximum absolute atomic E-state index is 12.1. The Balaban J connectivity index is 1.46. The number of hydrogen-bond donors (Lipinski definition) is 0. The lowest BCUT2D eigenvalue weighted by Gasteiger charge is -2.30. The van der Waals surface area contributed by atoms with E-state index in [4.69, 9.17) is 9.82 Å². The van der Waals surface area contributed by atoms with E-state index in [1.807, 2.05) is 11.0 Å². The van der Waals surface area contributed by atoms with Crippen molar-refractivity contribution >= 4 is 23.5 Å². The summed E-state index contributed by atoms with van der Waals surface area (Å²) >= 11 is 1.76. The summed E-state index contributed by atoms with van der Waals surface area (Å²) in [6, 6.07) is 10.5. The van der Waals surface area contributed by atoms with Crippen LogP contribution in [0, 0.1) is 0 Å². The number of nitrogens with zero attached hydrogens (tertiary/aromatic N) is 3. The predicted molar refractivity (Wildman–Crippen MR) is 105 cm³/mol. The van der Waals surface area contributed by atoms with Crippen LogP contribution in [0.4, 0.5) is 0 Å². The van der Waals surface area contributed by atoms with Gasteiger partial charge in [-0.1, -0.05) is 35.5 Å². The highest BCUT2D eigenvalue weighted by molar-refractivity contribution is 7.09. The molecule has 0 bridgehead atoms. The molecule has 0 atom stereocenters. The minimum Gasteiger partial charge on any atom is -0.386 e. The van der Waals surface area contributed by atoms with Gasteiger partial charge >= 0.3 is 0 Å². The van der Waals surface area contributed by atoms with Crippen molar-refractivity contribution in [3.05, 3.63) is 52.0 Å². The van der Waals surface area contributed by atoms with Crippen LogP contribution >= 0.6 is 11.3 Å². The molecule has 0 saturated carbocycles. The molecule has 2 heterocycles. The van der Waals surface area contributed by atoms with E-state index in [0.717, 1.165) is 38.8 Å². The Bertz CT molecular complexity index is 722. The highest BCUT2D eigenvalue weighted by Crippen LogP contribution is 2.30. The quantitative estimate of drug-likeness (QED) is 0.551. The zero-order chi connectivity index (χ0) is 18.2. The summed E-state index contributed by atoms with van der Waals surface area (Å²) < 4.78 is 0. The monoisotopic (exact) mass is 371 g/mol. The largest absolute Gasteiger partial charge is 0.386 e. The number of aromatic nitrogens is 1. The number of hydrogen-bond acceptors (Lipinski definition) is 5. The number of benzene rings is 1. The van der Waals surface area contributed by atoms with Crippen LogP contribution < -0.4 is 0 Å². The smallest absolute Gasteiger partial charge is 0.263 e. The SMILES string of the molecule is CC=NOCC(=O)N1CCC(c2nc(CCc3ccccc3)cs2)CC1. The summed E-state index contributed by atoms with van der Waals surface area (Å²) in [5.41, 5.74) is 2.53. The summed E-state index contributed by atoms with van der Waals surface area (Å²) in [5, 5.41) is 7.03. The molecule has 1 aliphatic heterocycles. The van der Waals surface area contributed by atoms with E-state index in [0.29, 0.717) is 5.92 Å². The second kappa shape index (κ2) is 9.48. The van der Waals surface area contributed by atoms with Gasteiger partial charge in [0, 0.05) is 30.6 Å². The molecular formula is C20H25N3O2S. The number of thiazole rings is 1. The van der Waals surface area contributed by atoms with Crippen molar-refractivity contribution in [1.82, 2.24) is 9.88 Å². The van der Waals surface area contributed by atoms with Gasteiger partial charge in [-0.05, 0) is 38.2 Å². The summed E-state index contributed by atoms with van der Waals surface area (Å²) in [7, 11) is 0. The molecule has 1 amide bonds. The maximum atomic E-state index is 12.1. The van der Waals surface area contributed by atoms with Gasteiger partial charge in [0.25, 0.3) is 5.91 Å². The van der Waals surface area contributed by atoms with Gasteiger partial charge in [-0.2, -0.15) is 0 Å². The van der Waals surface area contributed by atoms with E-state index < -0.39 is 0 Å². The molecule has 1 aromatic carbocycles. The topological polar surface area (TPSA) is 54.8 Å². The van der Waals surface area contributed by atoms with Crippen LogP contribution in [0.5, 0.6) is 0 Å². The second-order valence-corrected chi connectivity index (χ2v) is 7.34. The number of piperidine rings is 1. The Labute approximate surface area is 158 Å². The fourth-order valence-corrected chi connectivity index (χ4v) is 4.20. The molecule has 6 heteroatoms.